The minimum absolute atomic E-state index is 0.404. The number of hydrogen-bond acceptors (Lipinski definition) is 2. The van der Waals surface area contributed by atoms with Crippen molar-refractivity contribution in [1.82, 2.24) is 9.55 Å². The van der Waals surface area contributed by atoms with Crippen LogP contribution in [0.3, 0.4) is 0 Å². The summed E-state index contributed by atoms with van der Waals surface area (Å²) in [7, 11) is 0. The van der Waals surface area contributed by atoms with Crippen molar-refractivity contribution in [3.05, 3.63) is 119 Å². The van der Waals surface area contributed by atoms with E-state index < -0.39 is 0 Å². The number of aromatic nitrogens is 2. The second-order valence-corrected chi connectivity index (χ2v) is 11.7. The van der Waals surface area contributed by atoms with Crippen molar-refractivity contribution in [3.63, 3.8) is 0 Å². The number of benzene rings is 4. The van der Waals surface area contributed by atoms with Crippen LogP contribution in [0.4, 0.5) is 0 Å². The van der Waals surface area contributed by atoms with Gasteiger partial charge in [0.15, 0.2) is 0 Å². The summed E-state index contributed by atoms with van der Waals surface area (Å²) in [5, 5.41) is 3.60. The Morgan fingerprint density at radius 2 is 1.39 bits per heavy atom. The second-order valence-electron chi connectivity index (χ2n) is 10.8. The lowest BCUT2D eigenvalue weighted by atomic mass is 9.92. The molecule has 6 rings (SSSR count). The molecule has 0 unspecified atom stereocenters. The highest BCUT2D eigenvalue weighted by Crippen LogP contribution is 2.40. The lowest BCUT2D eigenvalue weighted by Gasteiger charge is -2.22. The van der Waals surface area contributed by atoms with Gasteiger partial charge in [0, 0.05) is 21.0 Å². The predicted molar refractivity (Wildman–Crippen MR) is 164 cm³/mol. The third kappa shape index (κ3) is 4.46. The zero-order chi connectivity index (χ0) is 26.2. The molecule has 0 saturated heterocycles. The summed E-state index contributed by atoms with van der Waals surface area (Å²) in [6, 6.07) is 33.1. The molecule has 0 radical (unpaired) electrons. The molecule has 38 heavy (non-hydrogen) atoms. The van der Waals surface area contributed by atoms with Crippen LogP contribution in [0.25, 0.3) is 38.2 Å². The number of nitrogens with zero attached hydrogens (tertiary/aromatic N) is 2. The standard InChI is InChI=1S/C35H34N2S/c1-23(2)27-13-10-14-28(24(3)4)34(27)37-32-16-9-8-15-31(32)36-35(37)30-22-38-33-20-19-26(21-29(30)33)18-17-25-11-6-5-7-12-25/h5-16,19-24H,17-18H2,1-4H3. The molecule has 2 aromatic heterocycles. The van der Waals surface area contributed by atoms with Crippen molar-refractivity contribution < 1.29 is 0 Å². The predicted octanol–water partition coefficient (Wildman–Crippen LogP) is 9.94. The molecule has 2 nitrogen and oxygen atoms in total. The van der Waals surface area contributed by atoms with Crippen molar-refractivity contribution in [2.75, 3.05) is 0 Å². The van der Waals surface area contributed by atoms with Crippen LogP contribution < -0.4 is 0 Å². The molecular formula is C35H34N2S. The largest absolute Gasteiger partial charge is 0.292 e. The van der Waals surface area contributed by atoms with Crippen molar-refractivity contribution >= 4 is 32.5 Å². The average molecular weight is 515 g/mol. The van der Waals surface area contributed by atoms with E-state index in [1.54, 1.807) is 0 Å². The Balaban J connectivity index is 1.55. The summed E-state index contributed by atoms with van der Waals surface area (Å²) < 4.78 is 3.75. The number of aryl methyl sites for hydroxylation is 2. The lowest BCUT2D eigenvalue weighted by molar-refractivity contribution is 0.811. The summed E-state index contributed by atoms with van der Waals surface area (Å²) in [6.07, 6.45) is 2.07. The highest BCUT2D eigenvalue weighted by molar-refractivity contribution is 7.17. The molecule has 4 aromatic carbocycles. The van der Waals surface area contributed by atoms with Gasteiger partial charge in [-0.2, -0.15) is 0 Å². The molecule has 3 heteroatoms. The first-order valence-corrected chi connectivity index (χ1v) is 14.5. The van der Waals surface area contributed by atoms with E-state index in [0.29, 0.717) is 11.8 Å². The van der Waals surface area contributed by atoms with E-state index in [0.717, 1.165) is 29.7 Å². The maximum atomic E-state index is 5.28. The normalized spacial score (nSPS) is 11.8. The molecule has 0 bridgehead atoms. The van der Waals surface area contributed by atoms with Crippen molar-refractivity contribution in [3.8, 4) is 17.1 Å². The first-order chi connectivity index (χ1) is 18.5. The van der Waals surface area contributed by atoms with Crippen LogP contribution in [0.15, 0.2) is 96.4 Å². The van der Waals surface area contributed by atoms with Gasteiger partial charge in [0.25, 0.3) is 0 Å². The van der Waals surface area contributed by atoms with Crippen LogP contribution in [0, 0.1) is 0 Å². The first-order valence-electron chi connectivity index (χ1n) is 13.7. The minimum Gasteiger partial charge on any atom is -0.292 e. The van der Waals surface area contributed by atoms with Gasteiger partial charge in [0.2, 0.25) is 0 Å². The molecule has 0 N–H and O–H groups in total. The summed E-state index contributed by atoms with van der Waals surface area (Å²) in [4.78, 5) is 5.28. The van der Waals surface area contributed by atoms with Crippen LogP contribution in [-0.4, -0.2) is 9.55 Å². The fourth-order valence-electron chi connectivity index (χ4n) is 5.54. The molecule has 0 aliphatic carbocycles. The molecule has 0 atom stereocenters. The third-order valence-corrected chi connectivity index (χ3v) is 8.51. The number of hydrogen-bond donors (Lipinski definition) is 0. The highest BCUT2D eigenvalue weighted by atomic mass is 32.1. The fourth-order valence-corrected chi connectivity index (χ4v) is 6.46. The van der Waals surface area contributed by atoms with Crippen molar-refractivity contribution in [2.45, 2.75) is 52.4 Å². The van der Waals surface area contributed by atoms with E-state index >= 15 is 0 Å². The van der Waals surface area contributed by atoms with Crippen LogP contribution in [0.2, 0.25) is 0 Å². The Kier molecular flexibility index (Phi) is 6.63. The second kappa shape index (κ2) is 10.2. The molecule has 0 aliphatic rings. The van der Waals surface area contributed by atoms with Crippen molar-refractivity contribution in [1.29, 1.82) is 0 Å². The Labute approximate surface area is 229 Å². The van der Waals surface area contributed by atoms with E-state index in [9.17, 15) is 0 Å². The van der Waals surface area contributed by atoms with Gasteiger partial charge in [-0.05, 0) is 71.2 Å². The fraction of sp³-hybridized carbons (Fsp3) is 0.229. The van der Waals surface area contributed by atoms with Gasteiger partial charge in [0.1, 0.15) is 5.82 Å². The molecule has 0 fully saturated rings. The van der Waals surface area contributed by atoms with Gasteiger partial charge in [-0.25, -0.2) is 4.98 Å². The molecule has 0 spiro atoms. The summed E-state index contributed by atoms with van der Waals surface area (Å²) in [5.74, 6) is 1.84. The highest BCUT2D eigenvalue weighted by Gasteiger charge is 2.23. The van der Waals surface area contributed by atoms with Gasteiger partial charge in [-0.15, -0.1) is 11.3 Å². The lowest BCUT2D eigenvalue weighted by Crippen LogP contribution is -2.08. The van der Waals surface area contributed by atoms with E-state index in [2.05, 4.69) is 129 Å². The molecule has 0 amide bonds. The average Bonchev–Trinajstić information content (AvgIpc) is 3.52. The monoisotopic (exact) mass is 514 g/mol. The molecule has 2 heterocycles. The van der Waals surface area contributed by atoms with Crippen LogP contribution in [0.5, 0.6) is 0 Å². The Hall–Kier alpha value is -3.69. The summed E-state index contributed by atoms with van der Waals surface area (Å²) >= 11 is 1.81. The van der Waals surface area contributed by atoms with Gasteiger partial charge >= 0.3 is 0 Å². The number of imidazole rings is 1. The number of thiophene rings is 1. The quantitative estimate of drug-likeness (QED) is 0.207. The first kappa shape index (κ1) is 24.6. The zero-order valence-corrected chi connectivity index (χ0v) is 23.4. The molecular weight excluding hydrogens is 480 g/mol. The van der Waals surface area contributed by atoms with Crippen LogP contribution >= 0.6 is 11.3 Å². The Morgan fingerprint density at radius 3 is 2.13 bits per heavy atom. The molecule has 0 saturated carbocycles. The minimum atomic E-state index is 0.404. The zero-order valence-electron chi connectivity index (χ0n) is 22.6. The topological polar surface area (TPSA) is 17.8 Å². The van der Waals surface area contributed by atoms with E-state index in [4.69, 9.17) is 4.98 Å². The van der Waals surface area contributed by atoms with E-state index in [1.807, 2.05) is 11.3 Å². The number of para-hydroxylation sites is 3. The Bertz CT molecular complexity index is 1690. The van der Waals surface area contributed by atoms with Gasteiger partial charge in [-0.3, -0.25) is 4.57 Å². The van der Waals surface area contributed by atoms with E-state index in [-0.39, 0.29) is 0 Å². The van der Waals surface area contributed by atoms with E-state index in [1.165, 1.54) is 43.6 Å². The maximum Gasteiger partial charge on any atom is 0.147 e. The smallest absolute Gasteiger partial charge is 0.147 e. The summed E-state index contributed by atoms with van der Waals surface area (Å²) in [6.45, 7) is 9.17. The molecule has 190 valence electrons. The van der Waals surface area contributed by atoms with Crippen LogP contribution in [0.1, 0.15) is 61.8 Å². The van der Waals surface area contributed by atoms with Gasteiger partial charge in [0.05, 0.1) is 16.7 Å². The maximum absolute atomic E-state index is 5.28. The van der Waals surface area contributed by atoms with Crippen molar-refractivity contribution in [2.24, 2.45) is 0 Å². The SMILES string of the molecule is CC(C)c1cccc(C(C)C)c1-n1c(-c2csc3ccc(CCc4ccccc4)cc23)nc2ccccc21. The Morgan fingerprint density at radius 1 is 0.711 bits per heavy atom. The third-order valence-electron chi connectivity index (χ3n) is 7.55. The summed E-state index contributed by atoms with van der Waals surface area (Å²) in [5.41, 5.74) is 10.2. The number of fused-ring (bicyclic) bond motifs is 2. The molecule has 6 aromatic rings. The van der Waals surface area contributed by atoms with Gasteiger partial charge < -0.3 is 0 Å². The van der Waals surface area contributed by atoms with Gasteiger partial charge in [-0.1, -0.05) is 94.4 Å². The number of rotatable bonds is 7. The molecule has 0 aliphatic heterocycles. The van der Waals surface area contributed by atoms with Crippen LogP contribution in [-0.2, 0) is 12.8 Å².